The van der Waals surface area contributed by atoms with Gasteiger partial charge in [0.15, 0.2) is 0 Å². The quantitative estimate of drug-likeness (QED) is 0.860. The van der Waals surface area contributed by atoms with Crippen LogP contribution in [0.1, 0.15) is 24.8 Å². The normalized spacial score (nSPS) is 15.0. The minimum atomic E-state index is 0.754. The lowest BCUT2D eigenvalue weighted by molar-refractivity contribution is 0.578. The second kappa shape index (κ2) is 6.86. The van der Waals surface area contributed by atoms with Gasteiger partial charge in [0.05, 0.1) is 11.4 Å². The van der Waals surface area contributed by atoms with E-state index in [1.807, 2.05) is 18.2 Å². The summed E-state index contributed by atoms with van der Waals surface area (Å²) in [6, 6.07) is 16.6. The summed E-state index contributed by atoms with van der Waals surface area (Å²) < 4.78 is 0. The first-order valence-electron chi connectivity index (χ1n) is 7.66. The van der Waals surface area contributed by atoms with Gasteiger partial charge >= 0.3 is 0 Å². The molecule has 0 unspecified atom stereocenters. The van der Waals surface area contributed by atoms with Crippen molar-refractivity contribution in [3.8, 4) is 0 Å². The van der Waals surface area contributed by atoms with Crippen LogP contribution in [0.5, 0.6) is 0 Å². The fraction of sp³-hybridized carbons (Fsp3) is 0.333. The number of piperidine rings is 1. The van der Waals surface area contributed by atoms with E-state index in [0.717, 1.165) is 30.2 Å². The number of anilines is 2. The average Bonchev–Trinajstić information content (AvgIpc) is 2.55. The van der Waals surface area contributed by atoms with E-state index in [1.165, 1.54) is 30.6 Å². The molecule has 110 valence electrons. The predicted octanol–water partition coefficient (Wildman–Crippen LogP) is 4.94. The Kier molecular flexibility index (Phi) is 4.66. The lowest BCUT2D eigenvalue weighted by Gasteiger charge is -2.30. The van der Waals surface area contributed by atoms with Crippen molar-refractivity contribution in [3.63, 3.8) is 0 Å². The lowest BCUT2D eigenvalue weighted by Crippen LogP contribution is -2.30. The molecule has 1 fully saturated rings. The highest BCUT2D eigenvalue weighted by Crippen LogP contribution is 2.29. The highest BCUT2D eigenvalue weighted by Gasteiger charge is 2.14. The van der Waals surface area contributed by atoms with Crippen LogP contribution in [0.15, 0.2) is 48.5 Å². The van der Waals surface area contributed by atoms with Gasteiger partial charge in [0.1, 0.15) is 0 Å². The molecule has 2 aromatic carbocycles. The zero-order valence-electron chi connectivity index (χ0n) is 12.2. The van der Waals surface area contributed by atoms with Gasteiger partial charge in [-0.15, -0.1) is 0 Å². The van der Waals surface area contributed by atoms with Crippen molar-refractivity contribution in [3.05, 3.63) is 59.1 Å². The van der Waals surface area contributed by atoms with Crippen LogP contribution >= 0.6 is 11.6 Å². The maximum Gasteiger partial charge on any atom is 0.0602 e. The molecular weight excluding hydrogens is 280 g/mol. The van der Waals surface area contributed by atoms with Crippen LogP contribution in [0.2, 0.25) is 5.02 Å². The van der Waals surface area contributed by atoms with Gasteiger partial charge in [-0.3, -0.25) is 0 Å². The molecule has 1 saturated heterocycles. The summed E-state index contributed by atoms with van der Waals surface area (Å²) in [7, 11) is 0. The van der Waals surface area contributed by atoms with Crippen LogP contribution < -0.4 is 10.2 Å². The van der Waals surface area contributed by atoms with Crippen molar-refractivity contribution in [2.45, 2.75) is 25.8 Å². The summed E-state index contributed by atoms with van der Waals surface area (Å²) >= 11 is 6.23. The van der Waals surface area contributed by atoms with Crippen LogP contribution in [0.3, 0.4) is 0 Å². The number of nitrogens with zero attached hydrogens (tertiary/aromatic N) is 1. The van der Waals surface area contributed by atoms with Crippen LogP contribution in [0.4, 0.5) is 11.4 Å². The summed E-state index contributed by atoms with van der Waals surface area (Å²) in [4.78, 5) is 2.48. The fourth-order valence-corrected chi connectivity index (χ4v) is 3.07. The summed E-state index contributed by atoms with van der Waals surface area (Å²) in [5, 5.41) is 4.36. The lowest BCUT2D eigenvalue weighted by atomic mass is 10.1. The summed E-state index contributed by atoms with van der Waals surface area (Å²) in [6.45, 7) is 3.07. The number of nitrogens with one attached hydrogen (secondary N) is 1. The molecule has 2 aromatic rings. The van der Waals surface area contributed by atoms with E-state index in [2.05, 4.69) is 40.5 Å². The first-order chi connectivity index (χ1) is 10.3. The molecule has 1 heterocycles. The Morgan fingerprint density at radius 2 is 1.62 bits per heavy atom. The number of halogens is 1. The van der Waals surface area contributed by atoms with E-state index in [9.17, 15) is 0 Å². The molecule has 0 radical (unpaired) electrons. The second-order valence-corrected chi connectivity index (χ2v) is 5.92. The van der Waals surface area contributed by atoms with Crippen molar-refractivity contribution < 1.29 is 0 Å². The zero-order chi connectivity index (χ0) is 14.5. The van der Waals surface area contributed by atoms with E-state index >= 15 is 0 Å². The van der Waals surface area contributed by atoms with Gasteiger partial charge in [0.2, 0.25) is 0 Å². The Hall–Kier alpha value is -1.67. The Bertz CT molecular complexity index is 591. The van der Waals surface area contributed by atoms with Crippen LogP contribution in [-0.2, 0) is 6.54 Å². The minimum Gasteiger partial charge on any atom is -0.379 e. The molecule has 0 atom stereocenters. The standard InChI is InChI=1S/C18H21ClN2/c19-16-9-3-2-8-15(16)14-20-17-10-4-5-11-18(17)21-12-6-1-7-13-21/h2-5,8-11,20H,1,6-7,12-14H2. The maximum absolute atomic E-state index is 6.23. The van der Waals surface area contributed by atoms with E-state index < -0.39 is 0 Å². The summed E-state index contributed by atoms with van der Waals surface area (Å²) in [5.74, 6) is 0. The first kappa shape index (κ1) is 14.3. The third-order valence-electron chi connectivity index (χ3n) is 4.03. The van der Waals surface area contributed by atoms with Crippen molar-refractivity contribution in [2.24, 2.45) is 0 Å². The van der Waals surface area contributed by atoms with E-state index in [4.69, 9.17) is 11.6 Å². The Balaban J connectivity index is 1.74. The van der Waals surface area contributed by atoms with Crippen LogP contribution in [0, 0.1) is 0 Å². The number of para-hydroxylation sites is 2. The number of hydrogen-bond acceptors (Lipinski definition) is 2. The zero-order valence-corrected chi connectivity index (χ0v) is 12.9. The molecule has 1 N–H and O–H groups in total. The van der Waals surface area contributed by atoms with Gasteiger partial charge in [0.25, 0.3) is 0 Å². The molecular formula is C18H21ClN2. The molecule has 1 aliphatic heterocycles. The van der Waals surface area contributed by atoms with Gasteiger partial charge in [-0.05, 0) is 43.0 Å². The van der Waals surface area contributed by atoms with Gasteiger partial charge in [-0.25, -0.2) is 0 Å². The maximum atomic E-state index is 6.23. The molecule has 3 rings (SSSR count). The third-order valence-corrected chi connectivity index (χ3v) is 4.40. The highest BCUT2D eigenvalue weighted by atomic mass is 35.5. The van der Waals surface area contributed by atoms with Gasteiger partial charge in [0, 0.05) is 24.7 Å². The molecule has 0 bridgehead atoms. The molecule has 0 aromatic heterocycles. The van der Waals surface area contributed by atoms with E-state index in [-0.39, 0.29) is 0 Å². The summed E-state index contributed by atoms with van der Waals surface area (Å²) in [5.41, 5.74) is 3.64. The molecule has 3 heteroatoms. The average molecular weight is 301 g/mol. The number of hydrogen-bond donors (Lipinski definition) is 1. The predicted molar refractivity (Wildman–Crippen MR) is 91.3 cm³/mol. The largest absolute Gasteiger partial charge is 0.379 e. The smallest absolute Gasteiger partial charge is 0.0602 e. The second-order valence-electron chi connectivity index (χ2n) is 5.51. The van der Waals surface area contributed by atoms with E-state index in [1.54, 1.807) is 0 Å². The van der Waals surface area contributed by atoms with Gasteiger partial charge in [-0.1, -0.05) is 41.9 Å². The van der Waals surface area contributed by atoms with Crippen molar-refractivity contribution in [1.29, 1.82) is 0 Å². The molecule has 21 heavy (non-hydrogen) atoms. The topological polar surface area (TPSA) is 15.3 Å². The van der Waals surface area contributed by atoms with Crippen LogP contribution in [0.25, 0.3) is 0 Å². The molecule has 0 saturated carbocycles. The Morgan fingerprint density at radius 1 is 0.905 bits per heavy atom. The first-order valence-corrected chi connectivity index (χ1v) is 8.03. The third kappa shape index (κ3) is 3.51. The molecule has 1 aliphatic rings. The molecule has 0 spiro atoms. The monoisotopic (exact) mass is 300 g/mol. The van der Waals surface area contributed by atoms with Crippen LogP contribution in [-0.4, -0.2) is 13.1 Å². The minimum absolute atomic E-state index is 0.754. The van der Waals surface area contributed by atoms with Gasteiger partial charge in [-0.2, -0.15) is 0 Å². The van der Waals surface area contributed by atoms with Crippen molar-refractivity contribution >= 4 is 23.0 Å². The Labute approximate surface area is 131 Å². The highest BCUT2D eigenvalue weighted by molar-refractivity contribution is 6.31. The van der Waals surface area contributed by atoms with Crippen molar-refractivity contribution in [1.82, 2.24) is 0 Å². The van der Waals surface area contributed by atoms with E-state index in [0.29, 0.717) is 0 Å². The van der Waals surface area contributed by atoms with Gasteiger partial charge < -0.3 is 10.2 Å². The molecule has 0 aliphatic carbocycles. The number of benzene rings is 2. The Morgan fingerprint density at radius 3 is 2.43 bits per heavy atom. The van der Waals surface area contributed by atoms with Crippen molar-refractivity contribution in [2.75, 3.05) is 23.3 Å². The number of rotatable bonds is 4. The fourth-order valence-electron chi connectivity index (χ4n) is 2.87. The SMILES string of the molecule is Clc1ccccc1CNc1ccccc1N1CCCCC1. The molecule has 0 amide bonds. The summed E-state index contributed by atoms with van der Waals surface area (Å²) in [6.07, 6.45) is 3.93. The molecule has 2 nitrogen and oxygen atoms in total.